The fourth-order valence-electron chi connectivity index (χ4n) is 3.76. The van der Waals surface area contributed by atoms with E-state index in [0.29, 0.717) is 17.5 Å². The molecule has 2 aliphatic rings. The van der Waals surface area contributed by atoms with Crippen LogP contribution in [-0.2, 0) is 9.53 Å². The number of hydrogen-bond donors (Lipinski definition) is 5. The minimum absolute atomic E-state index is 0.0586. The highest BCUT2D eigenvalue weighted by Crippen LogP contribution is 2.30. The number of aromatic nitrogens is 2. The van der Waals surface area contributed by atoms with Gasteiger partial charge in [-0.25, -0.2) is 0 Å². The second kappa shape index (κ2) is 8.14. The molecule has 156 valence electrons. The van der Waals surface area contributed by atoms with Gasteiger partial charge >= 0.3 is 0 Å². The number of carbonyl (C=O) groups excluding carboxylic acids is 1. The molecule has 1 aromatic carbocycles. The van der Waals surface area contributed by atoms with Gasteiger partial charge in [-0.1, -0.05) is 23.5 Å². The summed E-state index contributed by atoms with van der Waals surface area (Å²) in [5.74, 6) is 5.81. The van der Waals surface area contributed by atoms with Crippen LogP contribution in [0.4, 0.5) is 0 Å². The Hall–Kier alpha value is -2.80. The van der Waals surface area contributed by atoms with Crippen LogP contribution >= 0.6 is 0 Å². The lowest BCUT2D eigenvalue weighted by molar-refractivity contribution is -0.214. The summed E-state index contributed by atoms with van der Waals surface area (Å²) >= 11 is 0. The predicted molar refractivity (Wildman–Crippen MR) is 108 cm³/mol. The number of aliphatic hydroxyl groups excluding tert-OH is 4. The summed E-state index contributed by atoms with van der Waals surface area (Å²) in [6.07, 6.45) is -1.06. The van der Waals surface area contributed by atoms with Crippen LogP contribution in [0.1, 0.15) is 24.5 Å². The fraction of sp³-hybridized carbons (Fsp3) is 0.364. The molecular formula is C22H22N2O6. The Morgan fingerprint density at radius 2 is 2.00 bits per heavy atom. The zero-order valence-electron chi connectivity index (χ0n) is 16.2. The summed E-state index contributed by atoms with van der Waals surface area (Å²) in [5, 5.41) is 47.2. The van der Waals surface area contributed by atoms with Crippen molar-refractivity contribution in [2.45, 2.75) is 43.9 Å². The average Bonchev–Trinajstić information content (AvgIpc) is 3.20. The molecule has 5 N–H and O–H groups in total. The average molecular weight is 410 g/mol. The molecule has 8 nitrogen and oxygen atoms in total. The van der Waals surface area contributed by atoms with Crippen LogP contribution in [0.5, 0.6) is 0 Å². The number of H-pyrrole nitrogens is 1. The molecule has 1 aliphatic heterocycles. The molecule has 0 saturated carbocycles. The monoisotopic (exact) mass is 410 g/mol. The largest absolute Gasteiger partial charge is 0.394 e. The van der Waals surface area contributed by atoms with Crippen molar-refractivity contribution < 1.29 is 30.0 Å². The maximum atomic E-state index is 11.6. The van der Waals surface area contributed by atoms with Gasteiger partial charge in [0.2, 0.25) is 0 Å². The Labute approximate surface area is 172 Å². The van der Waals surface area contributed by atoms with Crippen LogP contribution < -0.4 is 0 Å². The van der Waals surface area contributed by atoms with Crippen LogP contribution in [0.15, 0.2) is 36.1 Å². The third-order valence-electron chi connectivity index (χ3n) is 5.44. The van der Waals surface area contributed by atoms with Gasteiger partial charge in [-0.15, -0.1) is 0 Å². The van der Waals surface area contributed by atoms with E-state index in [2.05, 4.69) is 22.0 Å². The van der Waals surface area contributed by atoms with E-state index in [1.54, 1.807) is 18.3 Å². The number of hydrogen-bond acceptors (Lipinski definition) is 7. The maximum absolute atomic E-state index is 11.6. The molecule has 5 atom stereocenters. The lowest BCUT2D eigenvalue weighted by Crippen LogP contribution is -2.58. The van der Waals surface area contributed by atoms with Crippen molar-refractivity contribution in [1.29, 1.82) is 0 Å². The van der Waals surface area contributed by atoms with Crippen LogP contribution in [0.3, 0.4) is 0 Å². The van der Waals surface area contributed by atoms with E-state index >= 15 is 0 Å². The highest BCUT2D eigenvalue weighted by atomic mass is 16.5. The van der Waals surface area contributed by atoms with Crippen LogP contribution in [0.25, 0.3) is 16.5 Å². The molecule has 0 radical (unpaired) electrons. The fourth-order valence-corrected chi connectivity index (χ4v) is 3.76. The topological polar surface area (TPSA) is 136 Å². The highest BCUT2D eigenvalue weighted by Gasteiger charge is 2.42. The Kier molecular flexibility index (Phi) is 5.56. The number of benzene rings is 1. The third kappa shape index (κ3) is 3.69. The first-order valence-electron chi connectivity index (χ1n) is 9.59. The Balaban J connectivity index is 1.72. The molecule has 1 aliphatic carbocycles. The van der Waals surface area contributed by atoms with Gasteiger partial charge in [0.15, 0.2) is 5.78 Å². The van der Waals surface area contributed by atoms with Crippen LogP contribution in [0.2, 0.25) is 0 Å². The molecule has 1 aromatic heterocycles. The first kappa shape index (κ1) is 20.5. The van der Waals surface area contributed by atoms with E-state index in [9.17, 15) is 25.2 Å². The lowest BCUT2D eigenvalue weighted by atomic mass is 9.91. The van der Waals surface area contributed by atoms with Crippen LogP contribution in [0, 0.1) is 11.8 Å². The van der Waals surface area contributed by atoms with Gasteiger partial charge in [0, 0.05) is 11.8 Å². The normalized spacial score (nSPS) is 29.2. The Morgan fingerprint density at radius 1 is 1.20 bits per heavy atom. The van der Waals surface area contributed by atoms with Crippen molar-refractivity contribution in [3.8, 4) is 11.8 Å². The number of nitrogens with zero attached hydrogens (tertiary/aromatic N) is 1. The van der Waals surface area contributed by atoms with E-state index in [1.807, 2.05) is 19.1 Å². The molecule has 2 aromatic rings. The van der Waals surface area contributed by atoms with E-state index in [1.165, 1.54) is 0 Å². The number of aliphatic hydroxyl groups is 4. The van der Waals surface area contributed by atoms with E-state index in [-0.39, 0.29) is 5.78 Å². The summed E-state index contributed by atoms with van der Waals surface area (Å²) < 4.78 is 5.45. The van der Waals surface area contributed by atoms with E-state index in [4.69, 9.17) is 4.74 Å². The minimum atomic E-state index is -1.48. The van der Waals surface area contributed by atoms with Crippen molar-refractivity contribution in [3.63, 3.8) is 0 Å². The van der Waals surface area contributed by atoms with Crippen molar-refractivity contribution >= 4 is 22.3 Å². The number of allylic oxidation sites excluding steroid dienone is 4. The summed E-state index contributed by atoms with van der Waals surface area (Å²) in [5.41, 5.74) is 4.07. The minimum Gasteiger partial charge on any atom is -0.394 e. The summed E-state index contributed by atoms with van der Waals surface area (Å²) in [4.78, 5) is 11.6. The van der Waals surface area contributed by atoms with Crippen molar-refractivity contribution in [2.24, 2.45) is 0 Å². The molecule has 0 spiro atoms. The molecule has 4 rings (SSSR count). The smallest absolute Gasteiger partial charge is 0.159 e. The predicted octanol–water partition coefficient (Wildman–Crippen LogP) is 0.0593. The first-order chi connectivity index (χ1) is 14.4. The number of fused-ring (bicyclic) bond motifs is 1. The van der Waals surface area contributed by atoms with Gasteiger partial charge in [-0.05, 0) is 36.3 Å². The summed E-state index contributed by atoms with van der Waals surface area (Å²) in [6, 6.07) is 3.81. The van der Waals surface area contributed by atoms with Gasteiger partial charge in [0.1, 0.15) is 30.5 Å². The maximum Gasteiger partial charge on any atom is 0.159 e. The number of ketones is 1. The molecule has 8 heteroatoms. The van der Waals surface area contributed by atoms with Gasteiger partial charge in [-0.2, -0.15) is 5.10 Å². The molecule has 0 amide bonds. The zero-order chi connectivity index (χ0) is 21.4. The molecule has 1 fully saturated rings. The molecule has 0 unspecified atom stereocenters. The third-order valence-corrected chi connectivity index (χ3v) is 5.44. The summed E-state index contributed by atoms with van der Waals surface area (Å²) in [6.45, 7) is 1.40. The zero-order valence-corrected chi connectivity index (χ0v) is 16.2. The Morgan fingerprint density at radius 3 is 2.73 bits per heavy atom. The van der Waals surface area contributed by atoms with Gasteiger partial charge in [0.25, 0.3) is 0 Å². The van der Waals surface area contributed by atoms with Crippen molar-refractivity contribution in [2.75, 3.05) is 6.61 Å². The first-order valence-corrected chi connectivity index (χ1v) is 9.59. The SMILES string of the molecule is CC1=C(c2cc(C#C[C@H]3O[C@H](CO)[C@@H](O)[C@H](O)[C@@H]3O)c3[nH]ncc3c2)C=CC(=O)C1. The van der Waals surface area contributed by atoms with E-state index < -0.39 is 37.1 Å². The van der Waals surface area contributed by atoms with Crippen molar-refractivity contribution in [3.05, 3.63) is 47.2 Å². The number of rotatable bonds is 2. The number of carbonyl (C=O) groups is 1. The van der Waals surface area contributed by atoms with Gasteiger partial charge in [-0.3, -0.25) is 9.89 Å². The number of ether oxygens (including phenoxy) is 1. The number of aromatic amines is 1. The second-order valence-corrected chi connectivity index (χ2v) is 7.55. The Bertz CT molecular complexity index is 1100. The molecule has 0 bridgehead atoms. The quantitative estimate of drug-likeness (QED) is 0.442. The van der Waals surface area contributed by atoms with Gasteiger partial charge in [0.05, 0.1) is 23.9 Å². The van der Waals surface area contributed by atoms with Crippen molar-refractivity contribution in [1.82, 2.24) is 10.2 Å². The summed E-state index contributed by atoms with van der Waals surface area (Å²) in [7, 11) is 0. The van der Waals surface area contributed by atoms with Gasteiger partial charge < -0.3 is 25.2 Å². The molecule has 1 saturated heterocycles. The molecule has 30 heavy (non-hydrogen) atoms. The van der Waals surface area contributed by atoms with Crippen LogP contribution in [-0.4, -0.2) is 73.5 Å². The van der Waals surface area contributed by atoms with E-state index in [0.717, 1.165) is 22.1 Å². The molecule has 2 heterocycles. The second-order valence-electron chi connectivity index (χ2n) is 7.55. The molecular weight excluding hydrogens is 388 g/mol. The standard InChI is InChI=1S/C22H22N2O6/c1-11-6-15(26)3-4-16(11)13-7-12(19-14(8-13)9-23-24-19)2-5-17-20(27)22(29)21(28)18(10-25)30-17/h3-4,7-9,17-18,20-22,25,27-29H,6,10H2,1H3,(H,23,24)/t17-,18-,20-,21-,22-/m1/s1. The number of nitrogens with one attached hydrogen (secondary N) is 1. The highest BCUT2D eigenvalue weighted by molar-refractivity contribution is 6.00. The lowest BCUT2D eigenvalue weighted by Gasteiger charge is -2.37.